The topological polar surface area (TPSA) is 83.6 Å². The maximum absolute atomic E-state index is 11.5. The molecule has 1 heterocycles. The van der Waals surface area contributed by atoms with Crippen LogP contribution in [0.5, 0.6) is 0 Å². The number of likely N-dealkylation sites (tertiary alicyclic amines) is 1. The van der Waals surface area contributed by atoms with Gasteiger partial charge in [0.2, 0.25) is 5.91 Å². The number of carbonyl (C=O) groups excluding carboxylic acids is 1. The zero-order valence-corrected chi connectivity index (χ0v) is 9.95. The average Bonchev–Trinajstić information content (AvgIpc) is 2.39. The van der Waals surface area contributed by atoms with Crippen molar-refractivity contribution < 1.29 is 14.7 Å². The first-order chi connectivity index (χ1) is 8.59. The summed E-state index contributed by atoms with van der Waals surface area (Å²) < 4.78 is 0. The third-order valence-electron chi connectivity index (χ3n) is 3.48. The Morgan fingerprint density at radius 2 is 1.94 bits per heavy atom. The largest absolute Gasteiger partial charge is 0.465 e. The van der Waals surface area contributed by atoms with Crippen molar-refractivity contribution in [2.24, 2.45) is 11.7 Å². The van der Waals surface area contributed by atoms with E-state index in [-0.39, 0.29) is 12.5 Å². The first kappa shape index (κ1) is 12.4. The van der Waals surface area contributed by atoms with E-state index in [9.17, 15) is 9.59 Å². The van der Waals surface area contributed by atoms with Crippen LogP contribution in [0.3, 0.4) is 0 Å². The third kappa shape index (κ3) is 2.45. The van der Waals surface area contributed by atoms with Gasteiger partial charge in [-0.15, -0.1) is 0 Å². The standard InChI is InChI=1S/C13H16N2O3/c14-12(16)11-8-15(13(17)18)7-6-10(11)9-4-2-1-3-5-9/h1-5,10-11H,6-8H2,(H2,14,16)(H,17,18). The first-order valence-corrected chi connectivity index (χ1v) is 5.91. The van der Waals surface area contributed by atoms with Crippen molar-refractivity contribution in [1.82, 2.24) is 4.90 Å². The normalized spacial score (nSPS) is 23.7. The highest BCUT2D eigenvalue weighted by Gasteiger charge is 2.35. The van der Waals surface area contributed by atoms with Crippen LogP contribution in [0.4, 0.5) is 4.79 Å². The smallest absolute Gasteiger partial charge is 0.407 e. The van der Waals surface area contributed by atoms with Crippen molar-refractivity contribution in [3.05, 3.63) is 35.9 Å². The SMILES string of the molecule is NC(=O)C1CN(C(=O)O)CCC1c1ccccc1. The summed E-state index contributed by atoms with van der Waals surface area (Å²) in [5, 5.41) is 8.97. The fraction of sp³-hybridized carbons (Fsp3) is 0.385. The van der Waals surface area contributed by atoms with Crippen molar-refractivity contribution in [3.8, 4) is 0 Å². The second kappa shape index (κ2) is 5.08. The molecule has 1 aromatic rings. The minimum Gasteiger partial charge on any atom is -0.465 e. The Bertz CT molecular complexity index is 447. The highest BCUT2D eigenvalue weighted by atomic mass is 16.4. The van der Waals surface area contributed by atoms with Crippen LogP contribution >= 0.6 is 0 Å². The molecule has 2 amide bonds. The number of benzene rings is 1. The molecule has 2 atom stereocenters. The molecule has 0 bridgehead atoms. The minimum atomic E-state index is -0.993. The Labute approximate surface area is 105 Å². The minimum absolute atomic E-state index is 0.0132. The lowest BCUT2D eigenvalue weighted by Gasteiger charge is -2.35. The average molecular weight is 248 g/mol. The molecule has 0 radical (unpaired) electrons. The molecule has 0 aromatic heterocycles. The molecular formula is C13H16N2O3. The van der Waals surface area contributed by atoms with Gasteiger partial charge in [-0.1, -0.05) is 30.3 Å². The summed E-state index contributed by atoms with van der Waals surface area (Å²) in [6.07, 6.45) is -0.364. The van der Waals surface area contributed by atoms with Crippen molar-refractivity contribution in [2.75, 3.05) is 13.1 Å². The van der Waals surface area contributed by atoms with Gasteiger partial charge in [-0.25, -0.2) is 4.79 Å². The van der Waals surface area contributed by atoms with Crippen LogP contribution in [0.2, 0.25) is 0 Å². The van der Waals surface area contributed by atoms with Crippen molar-refractivity contribution in [2.45, 2.75) is 12.3 Å². The molecule has 96 valence electrons. The third-order valence-corrected chi connectivity index (χ3v) is 3.48. The Hall–Kier alpha value is -2.04. The van der Waals surface area contributed by atoms with E-state index in [0.29, 0.717) is 13.0 Å². The number of primary amides is 1. The molecule has 1 aliphatic heterocycles. The summed E-state index contributed by atoms with van der Waals surface area (Å²) in [4.78, 5) is 23.7. The number of carboxylic acid groups (broad SMARTS) is 1. The monoisotopic (exact) mass is 248 g/mol. The molecule has 3 N–H and O–H groups in total. The molecule has 2 unspecified atom stereocenters. The molecule has 5 heteroatoms. The number of nitrogens with two attached hydrogens (primary N) is 1. The Morgan fingerprint density at radius 1 is 1.28 bits per heavy atom. The van der Waals surface area contributed by atoms with Crippen LogP contribution < -0.4 is 5.73 Å². The highest BCUT2D eigenvalue weighted by Crippen LogP contribution is 2.32. The fourth-order valence-corrected chi connectivity index (χ4v) is 2.51. The van der Waals surface area contributed by atoms with Gasteiger partial charge in [0.15, 0.2) is 0 Å². The van der Waals surface area contributed by atoms with E-state index >= 15 is 0 Å². The molecule has 2 rings (SSSR count). The summed E-state index contributed by atoms with van der Waals surface area (Å²) in [5.74, 6) is -0.869. The van der Waals surface area contributed by atoms with Gasteiger partial charge in [0.1, 0.15) is 0 Å². The van der Waals surface area contributed by atoms with Crippen LogP contribution in [0.25, 0.3) is 0 Å². The molecule has 1 aliphatic rings. The van der Waals surface area contributed by atoms with Crippen LogP contribution in [-0.2, 0) is 4.79 Å². The van der Waals surface area contributed by atoms with E-state index in [2.05, 4.69) is 0 Å². The van der Waals surface area contributed by atoms with E-state index in [1.54, 1.807) is 0 Å². The molecular weight excluding hydrogens is 232 g/mol. The number of nitrogens with zero attached hydrogens (tertiary/aromatic N) is 1. The van der Waals surface area contributed by atoms with Crippen molar-refractivity contribution in [1.29, 1.82) is 0 Å². The molecule has 5 nitrogen and oxygen atoms in total. The highest BCUT2D eigenvalue weighted by molar-refractivity contribution is 5.79. The lowest BCUT2D eigenvalue weighted by atomic mass is 9.80. The molecule has 1 fully saturated rings. The number of piperidine rings is 1. The maximum atomic E-state index is 11.5. The van der Waals surface area contributed by atoms with Gasteiger partial charge >= 0.3 is 6.09 Å². The van der Waals surface area contributed by atoms with Crippen LogP contribution in [0, 0.1) is 5.92 Å². The summed E-state index contributed by atoms with van der Waals surface area (Å²) in [7, 11) is 0. The van der Waals surface area contributed by atoms with Crippen molar-refractivity contribution in [3.63, 3.8) is 0 Å². The van der Waals surface area contributed by atoms with Gasteiger partial charge < -0.3 is 15.7 Å². The van der Waals surface area contributed by atoms with Crippen LogP contribution in [0.15, 0.2) is 30.3 Å². The molecule has 0 saturated carbocycles. The van der Waals surface area contributed by atoms with E-state index in [1.165, 1.54) is 4.90 Å². The zero-order chi connectivity index (χ0) is 13.1. The Morgan fingerprint density at radius 3 is 2.50 bits per heavy atom. The van der Waals surface area contributed by atoms with E-state index in [4.69, 9.17) is 10.8 Å². The Kier molecular flexibility index (Phi) is 3.50. The van der Waals surface area contributed by atoms with Gasteiger partial charge in [-0.2, -0.15) is 0 Å². The molecule has 0 spiro atoms. The van der Waals surface area contributed by atoms with Gasteiger partial charge in [-0.05, 0) is 17.9 Å². The van der Waals surface area contributed by atoms with Gasteiger partial charge in [0.25, 0.3) is 0 Å². The summed E-state index contributed by atoms with van der Waals surface area (Å²) in [5.41, 5.74) is 6.45. The van der Waals surface area contributed by atoms with E-state index in [1.807, 2.05) is 30.3 Å². The maximum Gasteiger partial charge on any atom is 0.407 e. The van der Waals surface area contributed by atoms with Gasteiger partial charge in [-0.3, -0.25) is 4.79 Å². The molecule has 1 saturated heterocycles. The predicted octanol–water partition coefficient (Wildman–Crippen LogP) is 1.26. The quantitative estimate of drug-likeness (QED) is 0.826. The summed E-state index contributed by atoms with van der Waals surface area (Å²) in [6, 6.07) is 9.65. The second-order valence-electron chi connectivity index (χ2n) is 4.54. The summed E-state index contributed by atoms with van der Waals surface area (Å²) in [6.45, 7) is 0.628. The van der Waals surface area contributed by atoms with Crippen LogP contribution in [0.1, 0.15) is 17.9 Å². The zero-order valence-electron chi connectivity index (χ0n) is 9.95. The Balaban J connectivity index is 2.21. The number of rotatable bonds is 2. The van der Waals surface area contributed by atoms with E-state index in [0.717, 1.165) is 5.56 Å². The number of carbonyl (C=O) groups is 2. The lowest BCUT2D eigenvalue weighted by Crippen LogP contribution is -2.47. The lowest BCUT2D eigenvalue weighted by molar-refractivity contribution is -0.123. The summed E-state index contributed by atoms with van der Waals surface area (Å²) >= 11 is 0. The predicted molar refractivity (Wildman–Crippen MR) is 66.1 cm³/mol. The van der Waals surface area contributed by atoms with Gasteiger partial charge in [0, 0.05) is 13.1 Å². The first-order valence-electron chi connectivity index (χ1n) is 5.91. The number of amides is 2. The van der Waals surface area contributed by atoms with Crippen molar-refractivity contribution >= 4 is 12.0 Å². The molecule has 0 aliphatic carbocycles. The fourth-order valence-electron chi connectivity index (χ4n) is 2.51. The van der Waals surface area contributed by atoms with Gasteiger partial charge in [0.05, 0.1) is 5.92 Å². The van der Waals surface area contributed by atoms with Crippen LogP contribution in [-0.4, -0.2) is 35.1 Å². The molecule has 18 heavy (non-hydrogen) atoms. The number of hydrogen-bond donors (Lipinski definition) is 2. The van der Waals surface area contributed by atoms with E-state index < -0.39 is 17.9 Å². The number of hydrogen-bond acceptors (Lipinski definition) is 2. The second-order valence-corrected chi connectivity index (χ2v) is 4.54. The molecule has 1 aromatic carbocycles.